The molecule has 1 amide bonds. The molecule has 1 saturated heterocycles. The van der Waals surface area contributed by atoms with Crippen molar-refractivity contribution in [1.82, 2.24) is 10.6 Å². The summed E-state index contributed by atoms with van der Waals surface area (Å²) in [7, 11) is -3.51. The van der Waals surface area contributed by atoms with Gasteiger partial charge in [0.25, 0.3) is 5.91 Å². The number of hydrogen-bond acceptors (Lipinski definition) is 6. The van der Waals surface area contributed by atoms with Gasteiger partial charge in [0.1, 0.15) is 5.75 Å². The highest BCUT2D eigenvalue weighted by Gasteiger charge is 2.31. The minimum Gasteiger partial charge on any atom is -0.491 e. The van der Waals surface area contributed by atoms with Crippen molar-refractivity contribution in [3.8, 4) is 5.75 Å². The van der Waals surface area contributed by atoms with Crippen molar-refractivity contribution in [2.45, 2.75) is 57.7 Å². The quantitative estimate of drug-likeness (QED) is 0.275. The van der Waals surface area contributed by atoms with Crippen molar-refractivity contribution in [2.75, 3.05) is 23.1 Å². The van der Waals surface area contributed by atoms with Crippen LogP contribution in [0.2, 0.25) is 0 Å². The van der Waals surface area contributed by atoms with E-state index in [1.54, 1.807) is 12.1 Å². The van der Waals surface area contributed by atoms with Gasteiger partial charge in [0.2, 0.25) is 10.0 Å². The number of aliphatic hydroxyl groups is 1. The van der Waals surface area contributed by atoms with Crippen LogP contribution in [-0.2, 0) is 29.2 Å². The molecule has 12 heteroatoms. The first-order valence-electron chi connectivity index (χ1n) is 14.0. The highest BCUT2D eigenvalue weighted by Crippen LogP contribution is 2.31. The number of aliphatic hydroxyl groups excluding tert-OH is 1. The Labute approximate surface area is 249 Å². The Morgan fingerprint density at radius 1 is 1.02 bits per heavy atom. The number of amides is 1. The highest BCUT2D eigenvalue weighted by atomic mass is 32.2. The summed E-state index contributed by atoms with van der Waals surface area (Å²) in [6, 6.07) is 18.0. The molecule has 1 heterocycles. The van der Waals surface area contributed by atoms with Crippen LogP contribution in [0.5, 0.6) is 5.75 Å². The minimum atomic E-state index is -4.46. The van der Waals surface area contributed by atoms with Crippen LogP contribution < -0.4 is 19.7 Å². The molecule has 3 aromatic carbocycles. The largest absolute Gasteiger partial charge is 0.491 e. The Balaban J connectivity index is 1.53. The van der Waals surface area contributed by atoms with E-state index in [4.69, 9.17) is 4.74 Å². The van der Waals surface area contributed by atoms with Gasteiger partial charge in [-0.1, -0.05) is 48.5 Å². The number of hydrogen-bond donors (Lipinski definition) is 3. The second-order valence-corrected chi connectivity index (χ2v) is 12.8. The lowest BCUT2D eigenvalue weighted by atomic mass is 10.00. The van der Waals surface area contributed by atoms with Crippen LogP contribution in [0.15, 0.2) is 72.8 Å². The molecule has 3 N–H and O–H groups in total. The maximum atomic E-state index is 13.6. The molecular formula is C31H36F3N3O5S. The Hall–Kier alpha value is -3.61. The maximum Gasteiger partial charge on any atom is 0.416 e. The third-order valence-corrected chi connectivity index (χ3v) is 8.80. The van der Waals surface area contributed by atoms with Gasteiger partial charge in [-0.2, -0.15) is 13.2 Å². The van der Waals surface area contributed by atoms with E-state index in [1.807, 2.05) is 44.2 Å². The Morgan fingerprint density at radius 3 is 2.40 bits per heavy atom. The Morgan fingerprint density at radius 2 is 1.74 bits per heavy atom. The smallest absolute Gasteiger partial charge is 0.416 e. The molecular weight excluding hydrogens is 583 g/mol. The van der Waals surface area contributed by atoms with E-state index in [9.17, 15) is 31.5 Å². The van der Waals surface area contributed by atoms with Gasteiger partial charge in [-0.25, -0.2) is 8.42 Å². The molecule has 43 heavy (non-hydrogen) atoms. The van der Waals surface area contributed by atoms with Crippen molar-refractivity contribution < 1.29 is 36.2 Å². The number of alkyl halides is 3. The average Bonchev–Trinajstić information content (AvgIpc) is 3.31. The zero-order chi connectivity index (χ0) is 31.2. The predicted octanol–water partition coefficient (Wildman–Crippen LogP) is 4.52. The van der Waals surface area contributed by atoms with Gasteiger partial charge in [-0.05, 0) is 56.0 Å². The minimum absolute atomic E-state index is 0.0121. The van der Waals surface area contributed by atoms with Crippen LogP contribution in [0.4, 0.5) is 18.9 Å². The number of benzene rings is 3. The third kappa shape index (κ3) is 8.94. The first-order chi connectivity index (χ1) is 20.3. The molecule has 232 valence electrons. The van der Waals surface area contributed by atoms with Gasteiger partial charge >= 0.3 is 6.18 Å². The van der Waals surface area contributed by atoms with E-state index in [-0.39, 0.29) is 36.9 Å². The lowest BCUT2D eigenvalue weighted by molar-refractivity contribution is -0.137. The van der Waals surface area contributed by atoms with Crippen molar-refractivity contribution in [3.05, 3.63) is 95.1 Å². The molecule has 1 aliphatic rings. The number of halogens is 3. The zero-order valence-corrected chi connectivity index (χ0v) is 24.8. The number of ether oxygens (including phenoxy) is 1. The standard InChI is InChI=1S/C31H36F3N3O5S/c1-21(2)42-27-17-24(16-26(18-27)37-12-7-13-43(37,40)41)30(39)36-28(15-22-8-4-3-5-9-22)29(38)20-35-19-23-10-6-11-25(14-23)31(32,33)34/h3-6,8-11,14,16-18,21,28-29,35,38H,7,12-13,15,19-20H2,1-2H3,(H,36,39)/t28-,29+/m0/s1. The normalized spacial score (nSPS) is 16.2. The number of carbonyl (C=O) groups excluding carboxylic acids is 1. The lowest BCUT2D eigenvalue weighted by Gasteiger charge is -2.26. The second-order valence-electron chi connectivity index (χ2n) is 10.8. The van der Waals surface area contributed by atoms with Crippen LogP contribution in [0, 0.1) is 0 Å². The number of rotatable bonds is 12. The van der Waals surface area contributed by atoms with Crippen LogP contribution in [-0.4, -0.2) is 56.5 Å². The monoisotopic (exact) mass is 619 g/mol. The van der Waals surface area contributed by atoms with Gasteiger partial charge < -0.3 is 20.5 Å². The van der Waals surface area contributed by atoms with Crippen molar-refractivity contribution in [2.24, 2.45) is 0 Å². The summed E-state index contributed by atoms with van der Waals surface area (Å²) in [6.45, 7) is 3.99. The molecule has 0 bridgehead atoms. The number of carbonyl (C=O) groups is 1. The fraction of sp³-hybridized carbons (Fsp3) is 0.387. The average molecular weight is 620 g/mol. The highest BCUT2D eigenvalue weighted by molar-refractivity contribution is 7.93. The summed E-state index contributed by atoms with van der Waals surface area (Å²) in [5.41, 5.74) is 0.981. The number of anilines is 1. The SMILES string of the molecule is CC(C)Oc1cc(C(=O)N[C@@H](Cc2ccccc2)[C@H](O)CNCc2cccc(C(F)(F)F)c2)cc(N2CCCS2(=O)=O)c1. The first kappa shape index (κ1) is 32.3. The van der Waals surface area contributed by atoms with Crippen LogP contribution in [0.1, 0.15) is 47.3 Å². The van der Waals surface area contributed by atoms with E-state index in [0.717, 1.165) is 17.7 Å². The van der Waals surface area contributed by atoms with Gasteiger partial charge in [0, 0.05) is 31.3 Å². The second kappa shape index (κ2) is 13.8. The van der Waals surface area contributed by atoms with Crippen LogP contribution in [0.3, 0.4) is 0 Å². The van der Waals surface area contributed by atoms with Crippen molar-refractivity contribution in [1.29, 1.82) is 0 Å². The molecule has 2 atom stereocenters. The number of nitrogens with one attached hydrogen (secondary N) is 2. The number of nitrogens with zero attached hydrogens (tertiary/aromatic N) is 1. The lowest BCUT2D eigenvalue weighted by Crippen LogP contribution is -2.48. The fourth-order valence-corrected chi connectivity index (χ4v) is 6.44. The van der Waals surface area contributed by atoms with Crippen LogP contribution in [0.25, 0.3) is 0 Å². The first-order valence-corrected chi connectivity index (χ1v) is 15.6. The molecule has 0 spiro atoms. The van der Waals surface area contributed by atoms with E-state index in [2.05, 4.69) is 10.6 Å². The van der Waals surface area contributed by atoms with Crippen LogP contribution >= 0.6 is 0 Å². The van der Waals surface area contributed by atoms with Gasteiger partial charge in [0.05, 0.1) is 35.3 Å². The number of sulfonamides is 1. The Bertz CT molecular complexity index is 1500. The molecule has 0 aromatic heterocycles. The summed E-state index contributed by atoms with van der Waals surface area (Å²) in [5.74, 6) is -0.185. The fourth-order valence-electron chi connectivity index (χ4n) is 4.90. The molecule has 0 radical (unpaired) electrons. The van der Waals surface area contributed by atoms with Crippen molar-refractivity contribution >= 4 is 21.6 Å². The summed E-state index contributed by atoms with van der Waals surface area (Å²) >= 11 is 0. The molecule has 0 saturated carbocycles. The molecule has 1 aliphatic heterocycles. The van der Waals surface area contributed by atoms with Gasteiger partial charge in [-0.15, -0.1) is 0 Å². The van der Waals surface area contributed by atoms with Gasteiger partial charge in [-0.3, -0.25) is 9.10 Å². The topological polar surface area (TPSA) is 108 Å². The zero-order valence-electron chi connectivity index (χ0n) is 24.0. The van der Waals surface area contributed by atoms with Crippen molar-refractivity contribution in [3.63, 3.8) is 0 Å². The van der Waals surface area contributed by atoms with E-state index in [1.165, 1.54) is 22.5 Å². The summed E-state index contributed by atoms with van der Waals surface area (Å²) in [5, 5.41) is 17.0. The Kier molecular flexibility index (Phi) is 10.4. The summed E-state index contributed by atoms with van der Waals surface area (Å²) in [4.78, 5) is 13.6. The van der Waals surface area contributed by atoms with E-state index < -0.39 is 39.8 Å². The molecule has 0 aliphatic carbocycles. The molecule has 1 fully saturated rings. The summed E-state index contributed by atoms with van der Waals surface area (Å²) in [6.07, 6.45) is -5.05. The predicted molar refractivity (Wildman–Crippen MR) is 159 cm³/mol. The van der Waals surface area contributed by atoms with Gasteiger partial charge in [0.15, 0.2) is 0 Å². The third-order valence-electron chi connectivity index (χ3n) is 6.93. The summed E-state index contributed by atoms with van der Waals surface area (Å²) < 4.78 is 71.6. The molecule has 3 aromatic rings. The van der Waals surface area contributed by atoms with E-state index in [0.29, 0.717) is 30.0 Å². The maximum absolute atomic E-state index is 13.6. The van der Waals surface area contributed by atoms with E-state index >= 15 is 0 Å². The molecule has 8 nitrogen and oxygen atoms in total. The molecule has 0 unspecified atom stereocenters. The molecule has 4 rings (SSSR count).